The highest BCUT2D eigenvalue weighted by Gasteiger charge is 2.09. The van der Waals surface area contributed by atoms with Crippen LogP contribution in [0.1, 0.15) is 12.0 Å². The van der Waals surface area contributed by atoms with E-state index < -0.39 is 5.97 Å². The SMILES string of the molecule is N[C@H](CC(=O)O)Cc1ccc(-c2ccccn2)cc1. The van der Waals surface area contributed by atoms with Crippen LogP contribution in [0.25, 0.3) is 11.3 Å². The monoisotopic (exact) mass is 256 g/mol. The van der Waals surface area contributed by atoms with Gasteiger partial charge in [0.25, 0.3) is 0 Å². The van der Waals surface area contributed by atoms with E-state index in [9.17, 15) is 4.79 Å². The maximum atomic E-state index is 10.6. The summed E-state index contributed by atoms with van der Waals surface area (Å²) in [5.41, 5.74) is 8.76. The maximum Gasteiger partial charge on any atom is 0.304 e. The Bertz CT molecular complexity index is 538. The number of carboxylic acid groups (broad SMARTS) is 1. The molecule has 1 atom stereocenters. The standard InChI is InChI=1S/C15H16N2O2/c16-13(10-15(18)19)9-11-4-6-12(7-5-11)14-3-1-2-8-17-14/h1-8,13H,9-10,16H2,(H,18,19)/t13-/m0/s1. The molecule has 0 aliphatic heterocycles. The molecule has 0 bridgehead atoms. The molecule has 0 fully saturated rings. The van der Waals surface area contributed by atoms with E-state index >= 15 is 0 Å². The molecule has 0 amide bonds. The van der Waals surface area contributed by atoms with Crippen molar-refractivity contribution in [2.24, 2.45) is 5.73 Å². The second-order valence-corrected chi connectivity index (χ2v) is 4.47. The summed E-state index contributed by atoms with van der Waals surface area (Å²) in [6.45, 7) is 0. The van der Waals surface area contributed by atoms with Crippen LogP contribution in [0.3, 0.4) is 0 Å². The molecule has 2 aromatic rings. The number of aliphatic carboxylic acids is 1. The Morgan fingerprint density at radius 3 is 2.53 bits per heavy atom. The molecule has 0 unspecified atom stereocenters. The molecule has 1 aromatic carbocycles. The predicted octanol–water partition coefficient (Wildman–Crippen LogP) is 2.09. The van der Waals surface area contributed by atoms with Gasteiger partial charge < -0.3 is 10.8 Å². The van der Waals surface area contributed by atoms with Gasteiger partial charge in [0.1, 0.15) is 0 Å². The highest BCUT2D eigenvalue weighted by Crippen LogP contribution is 2.17. The molecular formula is C15H16N2O2. The Balaban J connectivity index is 2.05. The summed E-state index contributed by atoms with van der Waals surface area (Å²) >= 11 is 0. The normalized spacial score (nSPS) is 12.1. The van der Waals surface area contributed by atoms with Crippen LogP contribution < -0.4 is 5.73 Å². The second kappa shape index (κ2) is 6.11. The fraction of sp³-hybridized carbons (Fsp3) is 0.200. The number of nitrogens with two attached hydrogens (primary N) is 1. The number of benzene rings is 1. The van der Waals surface area contributed by atoms with Crippen molar-refractivity contribution in [1.29, 1.82) is 0 Å². The highest BCUT2D eigenvalue weighted by atomic mass is 16.4. The summed E-state index contributed by atoms with van der Waals surface area (Å²) in [5, 5.41) is 8.67. The first kappa shape index (κ1) is 13.2. The summed E-state index contributed by atoms with van der Waals surface area (Å²) in [4.78, 5) is 14.8. The second-order valence-electron chi connectivity index (χ2n) is 4.47. The molecular weight excluding hydrogens is 240 g/mol. The summed E-state index contributed by atoms with van der Waals surface area (Å²) < 4.78 is 0. The molecule has 98 valence electrons. The lowest BCUT2D eigenvalue weighted by Gasteiger charge is -2.09. The molecule has 1 heterocycles. The third-order valence-electron chi connectivity index (χ3n) is 2.85. The fourth-order valence-electron chi connectivity index (χ4n) is 1.94. The Morgan fingerprint density at radius 1 is 1.21 bits per heavy atom. The van der Waals surface area contributed by atoms with Crippen LogP contribution in [0.4, 0.5) is 0 Å². The largest absolute Gasteiger partial charge is 0.481 e. The van der Waals surface area contributed by atoms with Gasteiger partial charge in [0, 0.05) is 17.8 Å². The van der Waals surface area contributed by atoms with E-state index in [0.717, 1.165) is 16.8 Å². The van der Waals surface area contributed by atoms with Crippen molar-refractivity contribution in [3.8, 4) is 11.3 Å². The first-order valence-electron chi connectivity index (χ1n) is 6.13. The van der Waals surface area contributed by atoms with Crippen molar-refractivity contribution >= 4 is 5.97 Å². The number of hydrogen-bond acceptors (Lipinski definition) is 3. The van der Waals surface area contributed by atoms with Gasteiger partial charge >= 0.3 is 5.97 Å². The molecule has 0 aliphatic rings. The number of aromatic nitrogens is 1. The van der Waals surface area contributed by atoms with Crippen LogP contribution in [0.2, 0.25) is 0 Å². The average Bonchev–Trinajstić information content (AvgIpc) is 2.39. The lowest BCUT2D eigenvalue weighted by molar-refractivity contribution is -0.137. The Morgan fingerprint density at radius 2 is 1.95 bits per heavy atom. The van der Waals surface area contributed by atoms with Crippen LogP contribution in [-0.4, -0.2) is 22.1 Å². The minimum atomic E-state index is -0.863. The van der Waals surface area contributed by atoms with Gasteiger partial charge in [-0.3, -0.25) is 9.78 Å². The lowest BCUT2D eigenvalue weighted by atomic mass is 10.0. The molecule has 19 heavy (non-hydrogen) atoms. The Labute approximate surface area is 111 Å². The highest BCUT2D eigenvalue weighted by molar-refractivity contribution is 5.67. The minimum Gasteiger partial charge on any atom is -0.481 e. The summed E-state index contributed by atoms with van der Waals surface area (Å²) in [6, 6.07) is 13.3. The number of carboxylic acids is 1. The van der Waals surface area contributed by atoms with Gasteiger partial charge in [0.05, 0.1) is 12.1 Å². The van der Waals surface area contributed by atoms with Gasteiger partial charge in [-0.1, -0.05) is 30.3 Å². The molecule has 4 heteroatoms. The smallest absolute Gasteiger partial charge is 0.304 e. The van der Waals surface area contributed by atoms with Gasteiger partial charge in [0.15, 0.2) is 0 Å². The molecule has 3 N–H and O–H groups in total. The van der Waals surface area contributed by atoms with Crippen molar-refractivity contribution in [3.63, 3.8) is 0 Å². The van der Waals surface area contributed by atoms with E-state index in [4.69, 9.17) is 10.8 Å². The molecule has 1 aromatic heterocycles. The topological polar surface area (TPSA) is 76.2 Å². The van der Waals surface area contributed by atoms with Gasteiger partial charge in [-0.05, 0) is 24.1 Å². The van der Waals surface area contributed by atoms with E-state index in [-0.39, 0.29) is 12.5 Å². The number of rotatable bonds is 5. The van der Waals surface area contributed by atoms with E-state index in [1.807, 2.05) is 42.5 Å². The zero-order chi connectivity index (χ0) is 13.7. The molecule has 0 saturated carbocycles. The van der Waals surface area contributed by atoms with Crippen LogP contribution in [0, 0.1) is 0 Å². The summed E-state index contributed by atoms with van der Waals surface area (Å²) in [5.74, 6) is -0.863. The summed E-state index contributed by atoms with van der Waals surface area (Å²) in [6.07, 6.45) is 2.31. The van der Waals surface area contributed by atoms with Crippen LogP contribution in [0.5, 0.6) is 0 Å². The number of nitrogens with zero attached hydrogens (tertiary/aromatic N) is 1. The Kier molecular flexibility index (Phi) is 4.26. The molecule has 4 nitrogen and oxygen atoms in total. The van der Waals surface area contributed by atoms with E-state index in [0.29, 0.717) is 6.42 Å². The van der Waals surface area contributed by atoms with Crippen molar-refractivity contribution in [2.45, 2.75) is 18.9 Å². The zero-order valence-electron chi connectivity index (χ0n) is 10.5. The van der Waals surface area contributed by atoms with Crippen molar-refractivity contribution < 1.29 is 9.90 Å². The van der Waals surface area contributed by atoms with Crippen molar-refractivity contribution in [3.05, 3.63) is 54.2 Å². The number of hydrogen-bond donors (Lipinski definition) is 2. The quantitative estimate of drug-likeness (QED) is 0.858. The number of pyridine rings is 1. The fourth-order valence-corrected chi connectivity index (χ4v) is 1.94. The van der Waals surface area contributed by atoms with Crippen molar-refractivity contribution in [1.82, 2.24) is 4.98 Å². The van der Waals surface area contributed by atoms with Gasteiger partial charge in [-0.15, -0.1) is 0 Å². The van der Waals surface area contributed by atoms with Gasteiger partial charge in [-0.25, -0.2) is 0 Å². The number of carbonyl (C=O) groups is 1. The van der Waals surface area contributed by atoms with Crippen LogP contribution >= 0.6 is 0 Å². The van der Waals surface area contributed by atoms with E-state index in [2.05, 4.69) is 4.98 Å². The molecule has 0 saturated heterocycles. The maximum absolute atomic E-state index is 10.6. The first-order chi connectivity index (χ1) is 9.15. The minimum absolute atomic E-state index is 0.0119. The van der Waals surface area contributed by atoms with Gasteiger partial charge in [0.2, 0.25) is 0 Å². The molecule has 2 rings (SSSR count). The third-order valence-corrected chi connectivity index (χ3v) is 2.85. The van der Waals surface area contributed by atoms with Crippen LogP contribution in [-0.2, 0) is 11.2 Å². The Hall–Kier alpha value is -2.20. The van der Waals surface area contributed by atoms with Crippen LogP contribution in [0.15, 0.2) is 48.7 Å². The molecule has 0 radical (unpaired) electrons. The summed E-state index contributed by atoms with van der Waals surface area (Å²) in [7, 11) is 0. The van der Waals surface area contributed by atoms with Gasteiger partial charge in [-0.2, -0.15) is 0 Å². The lowest BCUT2D eigenvalue weighted by Crippen LogP contribution is -2.26. The average molecular weight is 256 g/mol. The third kappa shape index (κ3) is 3.89. The van der Waals surface area contributed by atoms with Crippen molar-refractivity contribution in [2.75, 3.05) is 0 Å². The van der Waals surface area contributed by atoms with E-state index in [1.54, 1.807) is 6.20 Å². The predicted molar refractivity (Wildman–Crippen MR) is 73.6 cm³/mol. The zero-order valence-corrected chi connectivity index (χ0v) is 10.5. The first-order valence-corrected chi connectivity index (χ1v) is 6.13. The van der Waals surface area contributed by atoms with E-state index in [1.165, 1.54) is 0 Å². The molecule has 0 aliphatic carbocycles. The molecule has 0 spiro atoms.